The lowest BCUT2D eigenvalue weighted by Gasteiger charge is -2.32. The molecule has 4 rings (SSSR count). The van der Waals surface area contributed by atoms with Crippen molar-refractivity contribution in [1.82, 2.24) is 24.6 Å². The third-order valence-electron chi connectivity index (χ3n) is 4.74. The summed E-state index contributed by atoms with van der Waals surface area (Å²) in [7, 11) is 4.05. The first-order valence-electron chi connectivity index (χ1n) is 8.72. The molecule has 0 radical (unpaired) electrons. The van der Waals surface area contributed by atoms with Crippen molar-refractivity contribution in [3.63, 3.8) is 0 Å². The van der Waals surface area contributed by atoms with Gasteiger partial charge in [0.05, 0.1) is 11.6 Å². The number of aromatic nitrogens is 4. The highest BCUT2D eigenvalue weighted by molar-refractivity contribution is 6.30. The van der Waals surface area contributed by atoms with Crippen LogP contribution >= 0.6 is 11.6 Å². The summed E-state index contributed by atoms with van der Waals surface area (Å²) < 4.78 is 1.80. The molecular weight excluding hydrogens is 350 g/mol. The van der Waals surface area contributed by atoms with E-state index in [1.54, 1.807) is 4.68 Å². The molecule has 0 spiro atoms. The first-order chi connectivity index (χ1) is 12.6. The van der Waals surface area contributed by atoms with Crippen LogP contribution in [0.25, 0.3) is 11.0 Å². The number of benzene rings is 1. The average molecular weight is 372 g/mol. The molecular formula is C18H22ClN7. The molecule has 8 heteroatoms. The molecule has 0 amide bonds. The number of rotatable bonds is 4. The van der Waals surface area contributed by atoms with Gasteiger partial charge in [-0.3, -0.25) is 4.68 Å². The molecule has 1 saturated heterocycles. The van der Waals surface area contributed by atoms with Crippen molar-refractivity contribution in [1.29, 1.82) is 0 Å². The fourth-order valence-electron chi connectivity index (χ4n) is 3.08. The lowest BCUT2D eigenvalue weighted by Crippen LogP contribution is -2.45. The highest BCUT2D eigenvalue weighted by atomic mass is 35.5. The summed E-state index contributed by atoms with van der Waals surface area (Å²) in [6.45, 7) is 4.55. The van der Waals surface area contributed by atoms with Gasteiger partial charge in [0, 0.05) is 44.8 Å². The Morgan fingerprint density at radius 3 is 2.50 bits per heavy atom. The van der Waals surface area contributed by atoms with Crippen LogP contribution < -0.4 is 10.2 Å². The maximum atomic E-state index is 5.97. The Labute approximate surface area is 157 Å². The van der Waals surface area contributed by atoms with Gasteiger partial charge < -0.3 is 15.1 Å². The van der Waals surface area contributed by atoms with Crippen molar-refractivity contribution in [2.75, 3.05) is 43.4 Å². The highest BCUT2D eigenvalue weighted by Gasteiger charge is 2.19. The van der Waals surface area contributed by atoms with Gasteiger partial charge in [-0.05, 0) is 24.7 Å². The van der Waals surface area contributed by atoms with E-state index in [0.717, 1.165) is 59.6 Å². The van der Waals surface area contributed by atoms with Crippen LogP contribution in [0.3, 0.4) is 0 Å². The predicted molar refractivity (Wildman–Crippen MR) is 105 cm³/mol. The second kappa shape index (κ2) is 7.09. The summed E-state index contributed by atoms with van der Waals surface area (Å²) in [5.41, 5.74) is 1.98. The first kappa shape index (κ1) is 17.1. The Balaban J connectivity index is 1.63. The number of nitrogens with zero attached hydrogens (tertiary/aromatic N) is 6. The van der Waals surface area contributed by atoms with E-state index < -0.39 is 0 Å². The average Bonchev–Trinajstić information content (AvgIpc) is 3.03. The zero-order valence-corrected chi connectivity index (χ0v) is 15.7. The number of halogens is 1. The van der Waals surface area contributed by atoms with E-state index in [0.29, 0.717) is 6.54 Å². The Bertz CT molecular complexity index is 898. The van der Waals surface area contributed by atoms with E-state index in [1.165, 1.54) is 0 Å². The van der Waals surface area contributed by atoms with E-state index in [1.807, 2.05) is 37.5 Å². The monoisotopic (exact) mass is 371 g/mol. The van der Waals surface area contributed by atoms with E-state index in [4.69, 9.17) is 21.6 Å². The molecule has 3 aromatic rings. The number of likely N-dealkylation sites (N-methyl/N-ethyl adjacent to an activating group) is 1. The molecule has 1 N–H and O–H groups in total. The summed E-state index contributed by atoms with van der Waals surface area (Å²) in [6.07, 6.45) is 1.81. The maximum Gasteiger partial charge on any atom is 0.229 e. The first-order valence-corrected chi connectivity index (χ1v) is 9.09. The van der Waals surface area contributed by atoms with Gasteiger partial charge >= 0.3 is 0 Å². The number of piperazine rings is 1. The summed E-state index contributed by atoms with van der Waals surface area (Å²) >= 11 is 5.97. The Hall–Kier alpha value is -2.38. The standard InChI is InChI=1S/C18H22ClN7/c1-24-7-9-26(10-8-24)18-22-16(15-12-21-25(2)17(15)23-18)20-11-13-3-5-14(19)6-4-13/h3-6,12H,7-11H2,1-2H3,(H,20,22,23). The lowest BCUT2D eigenvalue weighted by atomic mass is 10.2. The molecule has 0 atom stereocenters. The number of hydrogen-bond acceptors (Lipinski definition) is 6. The molecule has 136 valence electrons. The molecule has 0 saturated carbocycles. The Morgan fingerprint density at radius 1 is 1.04 bits per heavy atom. The van der Waals surface area contributed by atoms with Gasteiger partial charge in [-0.25, -0.2) is 0 Å². The molecule has 26 heavy (non-hydrogen) atoms. The summed E-state index contributed by atoms with van der Waals surface area (Å²) in [5, 5.41) is 9.46. The zero-order valence-electron chi connectivity index (χ0n) is 15.0. The third kappa shape index (κ3) is 3.45. The molecule has 2 aromatic heterocycles. The highest BCUT2D eigenvalue weighted by Crippen LogP contribution is 2.24. The smallest absolute Gasteiger partial charge is 0.229 e. The molecule has 7 nitrogen and oxygen atoms in total. The number of hydrogen-bond donors (Lipinski definition) is 1. The molecule has 0 bridgehead atoms. The van der Waals surface area contributed by atoms with Gasteiger partial charge in [0.2, 0.25) is 5.95 Å². The van der Waals surface area contributed by atoms with Crippen LogP contribution in [0, 0.1) is 0 Å². The number of fused-ring (bicyclic) bond motifs is 1. The number of nitrogens with one attached hydrogen (secondary N) is 1. The molecule has 0 unspecified atom stereocenters. The van der Waals surface area contributed by atoms with Gasteiger partial charge in [0.1, 0.15) is 5.82 Å². The van der Waals surface area contributed by atoms with Gasteiger partial charge in [-0.1, -0.05) is 23.7 Å². The van der Waals surface area contributed by atoms with Crippen molar-refractivity contribution >= 4 is 34.4 Å². The van der Waals surface area contributed by atoms with Gasteiger partial charge in [-0.15, -0.1) is 0 Å². The molecule has 1 aliphatic heterocycles. The zero-order chi connectivity index (χ0) is 18.1. The third-order valence-corrected chi connectivity index (χ3v) is 4.99. The van der Waals surface area contributed by atoms with Crippen molar-refractivity contribution < 1.29 is 0 Å². The van der Waals surface area contributed by atoms with Gasteiger partial charge in [0.15, 0.2) is 5.65 Å². The minimum atomic E-state index is 0.667. The van der Waals surface area contributed by atoms with Crippen LogP contribution in [0.1, 0.15) is 5.56 Å². The quantitative estimate of drug-likeness (QED) is 0.759. The molecule has 1 aliphatic rings. The van der Waals surface area contributed by atoms with Gasteiger partial charge in [-0.2, -0.15) is 15.1 Å². The maximum absolute atomic E-state index is 5.97. The minimum absolute atomic E-state index is 0.667. The normalized spacial score (nSPS) is 15.6. The van der Waals surface area contributed by atoms with Crippen LogP contribution in [-0.2, 0) is 13.6 Å². The number of aryl methyl sites for hydroxylation is 1. The minimum Gasteiger partial charge on any atom is -0.365 e. The van der Waals surface area contributed by atoms with Crippen molar-refractivity contribution in [3.05, 3.63) is 41.0 Å². The summed E-state index contributed by atoms with van der Waals surface area (Å²) in [4.78, 5) is 14.1. The van der Waals surface area contributed by atoms with E-state index in [-0.39, 0.29) is 0 Å². The molecule has 1 aromatic carbocycles. The fraction of sp³-hybridized carbons (Fsp3) is 0.389. The second-order valence-corrected chi connectivity index (χ2v) is 7.08. The van der Waals surface area contributed by atoms with Crippen LogP contribution in [0.2, 0.25) is 5.02 Å². The van der Waals surface area contributed by atoms with E-state index in [9.17, 15) is 0 Å². The van der Waals surface area contributed by atoms with E-state index >= 15 is 0 Å². The molecule has 1 fully saturated rings. The van der Waals surface area contributed by atoms with Crippen molar-refractivity contribution in [3.8, 4) is 0 Å². The topological polar surface area (TPSA) is 62.1 Å². The molecule has 0 aliphatic carbocycles. The largest absolute Gasteiger partial charge is 0.365 e. The predicted octanol–water partition coefficient (Wildman–Crippen LogP) is 2.38. The SMILES string of the molecule is CN1CCN(c2nc(NCc3ccc(Cl)cc3)c3cnn(C)c3n2)CC1. The Kier molecular flexibility index (Phi) is 4.65. The number of anilines is 2. The van der Waals surface area contributed by atoms with Crippen LogP contribution in [0.15, 0.2) is 30.5 Å². The van der Waals surface area contributed by atoms with Crippen LogP contribution in [0.5, 0.6) is 0 Å². The van der Waals surface area contributed by atoms with Crippen molar-refractivity contribution in [2.45, 2.75) is 6.54 Å². The van der Waals surface area contributed by atoms with Crippen molar-refractivity contribution in [2.24, 2.45) is 7.05 Å². The van der Waals surface area contributed by atoms with E-state index in [2.05, 4.69) is 27.3 Å². The van der Waals surface area contributed by atoms with Crippen LogP contribution in [0.4, 0.5) is 11.8 Å². The van der Waals surface area contributed by atoms with Gasteiger partial charge in [0.25, 0.3) is 0 Å². The fourth-order valence-corrected chi connectivity index (χ4v) is 3.21. The summed E-state index contributed by atoms with van der Waals surface area (Å²) in [5.74, 6) is 1.57. The molecule has 3 heterocycles. The second-order valence-electron chi connectivity index (χ2n) is 6.65. The lowest BCUT2D eigenvalue weighted by molar-refractivity contribution is 0.311. The summed E-state index contributed by atoms with van der Waals surface area (Å²) in [6, 6.07) is 7.82. The van der Waals surface area contributed by atoms with Crippen LogP contribution in [-0.4, -0.2) is 57.9 Å². The Morgan fingerprint density at radius 2 is 1.77 bits per heavy atom.